The monoisotopic (exact) mass is 317 g/mol. The number of benzene rings is 1. The zero-order valence-corrected chi connectivity index (χ0v) is 12.0. The van der Waals surface area contributed by atoms with Crippen molar-refractivity contribution in [1.29, 1.82) is 0 Å². The van der Waals surface area contributed by atoms with Crippen LogP contribution in [0.4, 0.5) is 4.39 Å². The lowest BCUT2D eigenvalue weighted by Gasteiger charge is -2.17. The van der Waals surface area contributed by atoms with Gasteiger partial charge in [0.05, 0.1) is 0 Å². The lowest BCUT2D eigenvalue weighted by molar-refractivity contribution is -0.140. The molecule has 0 aliphatic rings. The van der Waals surface area contributed by atoms with Crippen molar-refractivity contribution in [3.05, 3.63) is 34.1 Å². The van der Waals surface area contributed by atoms with Gasteiger partial charge in [0.25, 0.3) is 0 Å². The van der Waals surface area contributed by atoms with Gasteiger partial charge in [0, 0.05) is 11.0 Å². The quantitative estimate of drug-likeness (QED) is 0.847. The molecule has 1 aromatic rings. The molecule has 18 heavy (non-hydrogen) atoms. The molecular formula is C13H17BrFNO2. The fourth-order valence-corrected chi connectivity index (χ4v) is 2.04. The SMILES string of the molecule is CC(C)C[C@H](NCc1cc(F)ccc1Br)C(=O)O. The van der Waals surface area contributed by atoms with Gasteiger partial charge in [-0.15, -0.1) is 0 Å². The molecule has 0 radical (unpaired) electrons. The molecule has 0 saturated carbocycles. The summed E-state index contributed by atoms with van der Waals surface area (Å²) in [5.41, 5.74) is 0.713. The Kier molecular flexibility index (Phi) is 5.75. The van der Waals surface area contributed by atoms with Crippen LogP contribution in [0.5, 0.6) is 0 Å². The smallest absolute Gasteiger partial charge is 0.320 e. The fourth-order valence-electron chi connectivity index (χ4n) is 1.65. The number of carbonyl (C=O) groups is 1. The summed E-state index contributed by atoms with van der Waals surface area (Å²) in [4.78, 5) is 11.1. The molecule has 0 heterocycles. The minimum absolute atomic E-state index is 0.287. The molecule has 1 aromatic carbocycles. The number of aliphatic carboxylic acids is 1. The van der Waals surface area contributed by atoms with Crippen LogP contribution >= 0.6 is 15.9 Å². The average Bonchev–Trinajstić information content (AvgIpc) is 2.27. The Morgan fingerprint density at radius 2 is 2.17 bits per heavy atom. The third kappa shape index (κ3) is 4.74. The largest absolute Gasteiger partial charge is 0.480 e. The number of carboxylic acid groups (broad SMARTS) is 1. The minimum atomic E-state index is -0.878. The van der Waals surface area contributed by atoms with Gasteiger partial charge < -0.3 is 10.4 Å². The van der Waals surface area contributed by atoms with Gasteiger partial charge in [-0.1, -0.05) is 29.8 Å². The maximum Gasteiger partial charge on any atom is 0.320 e. The van der Waals surface area contributed by atoms with Crippen LogP contribution in [0.1, 0.15) is 25.8 Å². The summed E-state index contributed by atoms with van der Waals surface area (Å²) in [5, 5.41) is 12.0. The van der Waals surface area contributed by atoms with E-state index in [-0.39, 0.29) is 11.7 Å². The van der Waals surface area contributed by atoms with Crippen LogP contribution in [0.2, 0.25) is 0 Å². The van der Waals surface area contributed by atoms with Crippen LogP contribution in [-0.2, 0) is 11.3 Å². The number of carboxylic acids is 1. The van der Waals surface area contributed by atoms with E-state index in [0.29, 0.717) is 18.5 Å². The first-order chi connectivity index (χ1) is 8.40. The normalized spacial score (nSPS) is 12.7. The van der Waals surface area contributed by atoms with Gasteiger partial charge in [-0.2, -0.15) is 0 Å². The molecule has 1 atom stereocenters. The summed E-state index contributed by atoms with van der Waals surface area (Å²) >= 11 is 3.31. The second kappa shape index (κ2) is 6.85. The lowest BCUT2D eigenvalue weighted by atomic mass is 10.0. The number of hydrogen-bond donors (Lipinski definition) is 2. The average molecular weight is 318 g/mol. The van der Waals surface area contributed by atoms with Crippen LogP contribution in [-0.4, -0.2) is 17.1 Å². The van der Waals surface area contributed by atoms with Gasteiger partial charge in [-0.3, -0.25) is 4.79 Å². The Labute approximate surface area is 115 Å². The summed E-state index contributed by atoms with van der Waals surface area (Å²) in [6.07, 6.45) is 0.544. The number of rotatable bonds is 6. The molecule has 2 N–H and O–H groups in total. The van der Waals surface area contributed by atoms with Crippen molar-refractivity contribution in [3.8, 4) is 0 Å². The third-order valence-electron chi connectivity index (χ3n) is 2.55. The third-order valence-corrected chi connectivity index (χ3v) is 3.33. The highest BCUT2D eigenvalue weighted by Gasteiger charge is 2.18. The zero-order valence-electron chi connectivity index (χ0n) is 10.4. The highest BCUT2D eigenvalue weighted by atomic mass is 79.9. The molecule has 0 aliphatic carbocycles. The van der Waals surface area contributed by atoms with Crippen molar-refractivity contribution in [2.24, 2.45) is 5.92 Å². The van der Waals surface area contributed by atoms with Gasteiger partial charge in [0.2, 0.25) is 0 Å². The molecule has 0 aliphatic heterocycles. The Morgan fingerprint density at radius 1 is 1.50 bits per heavy atom. The molecular weight excluding hydrogens is 301 g/mol. The van der Waals surface area contributed by atoms with E-state index in [1.807, 2.05) is 13.8 Å². The van der Waals surface area contributed by atoms with Crippen molar-refractivity contribution in [2.75, 3.05) is 0 Å². The molecule has 0 aromatic heterocycles. The summed E-state index contributed by atoms with van der Waals surface area (Å²) < 4.78 is 13.8. The van der Waals surface area contributed by atoms with Crippen molar-refractivity contribution >= 4 is 21.9 Å². The molecule has 0 fully saturated rings. The highest BCUT2D eigenvalue weighted by Crippen LogP contribution is 2.18. The van der Waals surface area contributed by atoms with E-state index in [1.165, 1.54) is 12.1 Å². The van der Waals surface area contributed by atoms with E-state index in [9.17, 15) is 9.18 Å². The molecule has 100 valence electrons. The van der Waals surface area contributed by atoms with Crippen LogP contribution in [0.15, 0.2) is 22.7 Å². The van der Waals surface area contributed by atoms with Crippen molar-refractivity contribution in [2.45, 2.75) is 32.9 Å². The Balaban J connectivity index is 2.66. The molecule has 3 nitrogen and oxygen atoms in total. The van der Waals surface area contributed by atoms with Crippen molar-refractivity contribution in [1.82, 2.24) is 5.32 Å². The van der Waals surface area contributed by atoms with Crippen molar-refractivity contribution in [3.63, 3.8) is 0 Å². The van der Waals surface area contributed by atoms with E-state index < -0.39 is 12.0 Å². The van der Waals surface area contributed by atoms with Crippen LogP contribution in [0.25, 0.3) is 0 Å². The zero-order chi connectivity index (χ0) is 13.7. The number of halogens is 2. The molecule has 0 bridgehead atoms. The second-order valence-electron chi connectivity index (χ2n) is 4.64. The summed E-state index contributed by atoms with van der Waals surface area (Å²) in [6.45, 7) is 4.26. The minimum Gasteiger partial charge on any atom is -0.480 e. The van der Waals surface area contributed by atoms with Crippen LogP contribution < -0.4 is 5.32 Å². The van der Waals surface area contributed by atoms with E-state index in [1.54, 1.807) is 6.07 Å². The molecule has 5 heteroatoms. The Bertz CT molecular complexity index is 423. The van der Waals surface area contributed by atoms with E-state index >= 15 is 0 Å². The topological polar surface area (TPSA) is 49.3 Å². The first kappa shape index (κ1) is 15.1. The Morgan fingerprint density at radius 3 is 2.72 bits per heavy atom. The lowest BCUT2D eigenvalue weighted by Crippen LogP contribution is -2.37. The van der Waals surface area contributed by atoms with Gasteiger partial charge >= 0.3 is 5.97 Å². The van der Waals surface area contributed by atoms with Gasteiger partial charge in [0.1, 0.15) is 11.9 Å². The second-order valence-corrected chi connectivity index (χ2v) is 5.49. The Hall–Kier alpha value is -0.940. The highest BCUT2D eigenvalue weighted by molar-refractivity contribution is 9.10. The summed E-state index contributed by atoms with van der Waals surface area (Å²) in [6, 6.07) is 3.76. The summed E-state index contributed by atoms with van der Waals surface area (Å²) in [7, 11) is 0. The summed E-state index contributed by atoms with van der Waals surface area (Å²) in [5.74, 6) is -0.920. The molecule has 1 rings (SSSR count). The molecule has 0 unspecified atom stereocenters. The van der Waals surface area contributed by atoms with E-state index in [2.05, 4.69) is 21.2 Å². The number of nitrogens with one attached hydrogen (secondary N) is 1. The van der Waals surface area contributed by atoms with E-state index in [4.69, 9.17) is 5.11 Å². The molecule has 0 saturated heterocycles. The maximum atomic E-state index is 13.1. The van der Waals surface area contributed by atoms with Gasteiger partial charge in [-0.05, 0) is 36.1 Å². The molecule has 0 amide bonds. The standard InChI is InChI=1S/C13H17BrFNO2/c1-8(2)5-12(13(17)18)16-7-9-6-10(15)3-4-11(9)14/h3-4,6,8,12,16H,5,7H2,1-2H3,(H,17,18)/t12-/m0/s1. The predicted octanol–water partition coefficient (Wildman–Crippen LogP) is 3.18. The van der Waals surface area contributed by atoms with Crippen molar-refractivity contribution < 1.29 is 14.3 Å². The van der Waals surface area contributed by atoms with Gasteiger partial charge in [-0.25, -0.2) is 4.39 Å². The first-order valence-electron chi connectivity index (χ1n) is 5.80. The van der Waals surface area contributed by atoms with Crippen LogP contribution in [0, 0.1) is 11.7 Å². The number of hydrogen-bond acceptors (Lipinski definition) is 2. The predicted molar refractivity (Wildman–Crippen MR) is 71.8 cm³/mol. The molecule has 0 spiro atoms. The van der Waals surface area contributed by atoms with E-state index in [0.717, 1.165) is 4.47 Å². The fraction of sp³-hybridized carbons (Fsp3) is 0.462. The van der Waals surface area contributed by atoms with Gasteiger partial charge in [0.15, 0.2) is 0 Å². The van der Waals surface area contributed by atoms with Crippen LogP contribution in [0.3, 0.4) is 0 Å². The maximum absolute atomic E-state index is 13.1. The first-order valence-corrected chi connectivity index (χ1v) is 6.59.